The van der Waals surface area contributed by atoms with E-state index in [2.05, 4.69) is 26.8 Å². The van der Waals surface area contributed by atoms with Crippen molar-refractivity contribution in [2.45, 2.75) is 24.3 Å². The lowest BCUT2D eigenvalue weighted by Gasteiger charge is -2.15. The number of sulfonamides is 1. The highest BCUT2D eigenvalue weighted by Gasteiger charge is 2.28. The molecule has 6 rings (SSSR count). The zero-order chi connectivity index (χ0) is 26.3. The third-order valence-electron chi connectivity index (χ3n) is 6.39. The monoisotopic (exact) mass is 528 g/mol. The predicted molar refractivity (Wildman–Crippen MR) is 143 cm³/mol. The lowest BCUT2D eigenvalue weighted by atomic mass is 10.0. The SMILES string of the molecule is COc1cc(C#CC2CC2)c2ccccc2c1S(=O)(=O)Nc1noc2cc(Cn3cccn3)cc(OC)c12. The molecular weight excluding hydrogens is 504 g/mol. The van der Waals surface area contributed by atoms with Crippen molar-refractivity contribution in [2.75, 3.05) is 18.9 Å². The fraction of sp³-hybridized carbons (Fsp3) is 0.214. The molecular formula is C28H24N4O5S. The lowest BCUT2D eigenvalue weighted by molar-refractivity contribution is 0.404. The van der Waals surface area contributed by atoms with Crippen LogP contribution in [0.2, 0.25) is 0 Å². The Bertz CT molecular complexity index is 1830. The molecule has 0 spiro atoms. The van der Waals surface area contributed by atoms with E-state index in [1.165, 1.54) is 14.2 Å². The smallest absolute Gasteiger partial charge is 0.267 e. The number of benzene rings is 3. The molecule has 1 aliphatic rings. The highest BCUT2D eigenvalue weighted by Crippen LogP contribution is 2.39. The van der Waals surface area contributed by atoms with Gasteiger partial charge in [-0.1, -0.05) is 41.3 Å². The molecule has 38 heavy (non-hydrogen) atoms. The fourth-order valence-corrected chi connectivity index (χ4v) is 5.80. The summed E-state index contributed by atoms with van der Waals surface area (Å²) in [4.78, 5) is -0.00186. The van der Waals surface area contributed by atoms with Gasteiger partial charge in [0.1, 0.15) is 21.8 Å². The van der Waals surface area contributed by atoms with Crippen molar-refractivity contribution in [2.24, 2.45) is 5.92 Å². The topological polar surface area (TPSA) is 108 Å². The number of nitrogens with one attached hydrogen (secondary N) is 1. The number of ether oxygens (including phenoxy) is 2. The Hall–Kier alpha value is -4.49. The summed E-state index contributed by atoms with van der Waals surface area (Å²) in [7, 11) is -1.22. The Morgan fingerprint density at radius 1 is 1.08 bits per heavy atom. The molecule has 0 amide bonds. The van der Waals surface area contributed by atoms with Gasteiger partial charge in [0.25, 0.3) is 10.0 Å². The average molecular weight is 529 g/mol. The maximum atomic E-state index is 13.8. The van der Waals surface area contributed by atoms with Gasteiger partial charge in [-0.15, -0.1) is 0 Å². The molecule has 2 heterocycles. The first-order valence-electron chi connectivity index (χ1n) is 12.0. The molecule has 1 N–H and O–H groups in total. The zero-order valence-corrected chi connectivity index (χ0v) is 21.6. The van der Waals surface area contributed by atoms with Crippen LogP contribution in [0, 0.1) is 17.8 Å². The number of anilines is 1. The molecule has 3 aromatic carbocycles. The molecule has 1 saturated carbocycles. The van der Waals surface area contributed by atoms with Crippen LogP contribution >= 0.6 is 0 Å². The minimum absolute atomic E-state index is 0.00186. The van der Waals surface area contributed by atoms with Crippen molar-refractivity contribution in [1.82, 2.24) is 14.9 Å². The largest absolute Gasteiger partial charge is 0.496 e. The molecule has 9 nitrogen and oxygen atoms in total. The minimum Gasteiger partial charge on any atom is -0.496 e. The second kappa shape index (κ2) is 9.43. The van der Waals surface area contributed by atoms with Crippen LogP contribution < -0.4 is 14.2 Å². The molecule has 2 aromatic heterocycles. The number of aromatic nitrogens is 3. The van der Waals surface area contributed by atoms with Crippen molar-refractivity contribution in [1.29, 1.82) is 0 Å². The van der Waals surface area contributed by atoms with Crippen LogP contribution in [0.25, 0.3) is 21.7 Å². The number of methoxy groups -OCH3 is 2. The average Bonchev–Trinajstić information content (AvgIpc) is 3.46. The van der Waals surface area contributed by atoms with Gasteiger partial charge in [0.2, 0.25) is 0 Å². The van der Waals surface area contributed by atoms with Gasteiger partial charge in [0.15, 0.2) is 11.4 Å². The molecule has 0 unspecified atom stereocenters. The van der Waals surface area contributed by atoms with Crippen LogP contribution in [0.15, 0.2) is 70.3 Å². The van der Waals surface area contributed by atoms with Crippen molar-refractivity contribution in [3.63, 3.8) is 0 Å². The van der Waals surface area contributed by atoms with Gasteiger partial charge in [-0.25, -0.2) is 8.42 Å². The summed E-state index contributed by atoms with van der Waals surface area (Å²) in [6.45, 7) is 0.486. The summed E-state index contributed by atoms with van der Waals surface area (Å²) in [5, 5.41) is 9.90. The molecule has 0 atom stereocenters. The molecule has 0 saturated heterocycles. The van der Waals surface area contributed by atoms with E-state index in [0.29, 0.717) is 34.6 Å². The second-order valence-electron chi connectivity index (χ2n) is 9.06. The van der Waals surface area contributed by atoms with E-state index in [0.717, 1.165) is 29.4 Å². The van der Waals surface area contributed by atoms with Gasteiger partial charge in [-0.05, 0) is 48.1 Å². The first-order chi connectivity index (χ1) is 18.5. The maximum absolute atomic E-state index is 13.8. The van der Waals surface area contributed by atoms with Crippen LogP contribution in [0.5, 0.6) is 11.5 Å². The van der Waals surface area contributed by atoms with Crippen LogP contribution in [-0.2, 0) is 16.6 Å². The van der Waals surface area contributed by atoms with Crippen LogP contribution in [0.1, 0.15) is 24.0 Å². The van der Waals surface area contributed by atoms with Crippen LogP contribution in [-0.4, -0.2) is 37.6 Å². The highest BCUT2D eigenvalue weighted by molar-refractivity contribution is 7.93. The molecule has 5 aromatic rings. The number of hydrogen-bond donors (Lipinski definition) is 1. The predicted octanol–water partition coefficient (Wildman–Crippen LogP) is 4.81. The van der Waals surface area contributed by atoms with E-state index in [1.807, 2.05) is 30.5 Å². The van der Waals surface area contributed by atoms with Gasteiger partial charge in [0, 0.05) is 29.3 Å². The summed E-state index contributed by atoms with van der Waals surface area (Å²) >= 11 is 0. The minimum atomic E-state index is -4.17. The third kappa shape index (κ3) is 4.41. The van der Waals surface area contributed by atoms with Crippen LogP contribution in [0.3, 0.4) is 0 Å². The van der Waals surface area contributed by atoms with E-state index in [9.17, 15) is 8.42 Å². The Balaban J connectivity index is 1.43. The van der Waals surface area contributed by atoms with Crippen molar-refractivity contribution in [3.05, 3.63) is 72.1 Å². The highest BCUT2D eigenvalue weighted by atomic mass is 32.2. The zero-order valence-electron chi connectivity index (χ0n) is 20.8. The number of rotatable bonds is 7. The van der Waals surface area contributed by atoms with E-state index >= 15 is 0 Å². The number of nitrogens with zero attached hydrogens (tertiary/aromatic N) is 3. The molecule has 1 aliphatic carbocycles. The van der Waals surface area contributed by atoms with Crippen molar-refractivity contribution in [3.8, 4) is 23.3 Å². The van der Waals surface area contributed by atoms with Crippen LogP contribution in [0.4, 0.5) is 5.82 Å². The standard InChI is InChI=1S/C28H24N4O5S/c1-35-23-14-19(17-32-13-5-12-29-32)15-24-26(23)28(30-37-24)31-38(33,34)27-22-7-4-3-6-21(22)20(16-25(27)36-2)11-10-18-8-9-18/h3-7,12-16,18H,8-9,17H2,1-2H3,(H,30,31). The number of hydrogen-bond acceptors (Lipinski definition) is 7. The van der Waals surface area contributed by atoms with Gasteiger partial charge >= 0.3 is 0 Å². The molecule has 0 radical (unpaired) electrons. The summed E-state index contributed by atoms with van der Waals surface area (Å²) in [6.07, 6.45) is 5.73. The summed E-state index contributed by atoms with van der Waals surface area (Å²) in [6, 6.07) is 14.4. The van der Waals surface area contributed by atoms with Gasteiger partial charge in [-0.3, -0.25) is 9.40 Å². The molecule has 0 bridgehead atoms. The summed E-state index contributed by atoms with van der Waals surface area (Å²) < 4.78 is 48.7. The maximum Gasteiger partial charge on any atom is 0.267 e. The van der Waals surface area contributed by atoms with Crippen molar-refractivity contribution < 1.29 is 22.4 Å². The molecule has 192 valence electrons. The Morgan fingerprint density at radius 2 is 1.87 bits per heavy atom. The van der Waals surface area contributed by atoms with Crippen molar-refractivity contribution >= 4 is 37.6 Å². The van der Waals surface area contributed by atoms with E-state index in [4.69, 9.17) is 14.0 Å². The fourth-order valence-electron chi connectivity index (χ4n) is 4.43. The Morgan fingerprint density at radius 3 is 2.58 bits per heavy atom. The molecule has 0 aliphatic heterocycles. The quantitative estimate of drug-likeness (QED) is 0.302. The first kappa shape index (κ1) is 23.9. The normalized spacial score (nSPS) is 13.3. The Labute approximate surface area is 219 Å². The van der Waals surface area contributed by atoms with E-state index < -0.39 is 10.0 Å². The Kier molecular flexibility index (Phi) is 5.93. The van der Waals surface area contributed by atoms with Gasteiger partial charge in [-0.2, -0.15) is 5.10 Å². The summed E-state index contributed by atoms with van der Waals surface area (Å²) in [5.41, 5.74) is 1.97. The van der Waals surface area contributed by atoms with E-state index in [-0.39, 0.29) is 16.5 Å². The van der Waals surface area contributed by atoms with E-state index in [1.54, 1.807) is 35.1 Å². The third-order valence-corrected chi connectivity index (χ3v) is 7.81. The van der Waals surface area contributed by atoms with Gasteiger partial charge in [0.05, 0.1) is 20.8 Å². The summed E-state index contributed by atoms with van der Waals surface area (Å²) in [5.74, 6) is 7.50. The number of fused-ring (bicyclic) bond motifs is 2. The molecule has 1 fully saturated rings. The lowest BCUT2D eigenvalue weighted by Crippen LogP contribution is -2.15. The second-order valence-corrected chi connectivity index (χ2v) is 10.7. The first-order valence-corrected chi connectivity index (χ1v) is 13.5. The van der Waals surface area contributed by atoms with Gasteiger partial charge < -0.3 is 14.0 Å². The molecule has 10 heteroatoms.